The zero-order valence-corrected chi connectivity index (χ0v) is 24.7. The number of aromatic carboxylic acids is 1. The van der Waals surface area contributed by atoms with Crippen LogP contribution in [0.5, 0.6) is 11.8 Å². The number of carboxylic acid groups (broad SMARTS) is 1. The van der Waals surface area contributed by atoms with Crippen molar-refractivity contribution >= 4 is 17.0 Å². The molecule has 2 aromatic heterocycles. The van der Waals surface area contributed by atoms with Gasteiger partial charge in [-0.05, 0) is 56.0 Å². The van der Waals surface area contributed by atoms with Gasteiger partial charge in [0.1, 0.15) is 29.9 Å². The van der Waals surface area contributed by atoms with Crippen LogP contribution in [-0.2, 0) is 19.7 Å². The molecular formula is C33H29F3N6O4. The lowest BCUT2D eigenvalue weighted by Crippen LogP contribution is -2.38. The van der Waals surface area contributed by atoms with Gasteiger partial charge in [0.25, 0.3) is 5.88 Å². The average molecular weight is 631 g/mol. The van der Waals surface area contributed by atoms with Crippen molar-refractivity contribution in [2.45, 2.75) is 57.9 Å². The number of hydrogen-bond acceptors (Lipinski definition) is 8. The summed E-state index contributed by atoms with van der Waals surface area (Å²) in [6.45, 7) is 1.79. The van der Waals surface area contributed by atoms with E-state index in [-0.39, 0.29) is 52.1 Å². The van der Waals surface area contributed by atoms with Gasteiger partial charge in [0.2, 0.25) is 5.88 Å². The van der Waals surface area contributed by atoms with Gasteiger partial charge in [-0.15, -0.1) is 0 Å². The minimum absolute atomic E-state index is 0.105. The lowest BCUT2D eigenvalue weighted by atomic mass is 10.0. The molecule has 1 saturated carbocycles. The van der Waals surface area contributed by atoms with Crippen molar-refractivity contribution in [1.29, 1.82) is 10.5 Å². The number of carbonyl (C=O) groups is 1. The minimum atomic E-state index is -1.23. The number of pyridine rings is 1. The Kier molecular flexibility index (Phi) is 8.52. The molecule has 2 aromatic carbocycles. The van der Waals surface area contributed by atoms with Gasteiger partial charge in [-0.2, -0.15) is 15.5 Å². The van der Waals surface area contributed by atoms with E-state index < -0.39 is 23.4 Å². The van der Waals surface area contributed by atoms with Crippen LogP contribution in [0.3, 0.4) is 0 Å². The van der Waals surface area contributed by atoms with Crippen molar-refractivity contribution in [3.8, 4) is 23.9 Å². The van der Waals surface area contributed by atoms with Crippen LogP contribution in [0.1, 0.15) is 59.4 Å². The van der Waals surface area contributed by atoms with Gasteiger partial charge in [-0.3, -0.25) is 4.90 Å². The number of carboxylic acids is 1. The van der Waals surface area contributed by atoms with E-state index in [9.17, 15) is 28.3 Å². The fraction of sp³-hybridized carbons (Fsp3) is 0.364. The van der Waals surface area contributed by atoms with E-state index in [1.54, 1.807) is 0 Å². The second-order valence-electron chi connectivity index (χ2n) is 11.8. The van der Waals surface area contributed by atoms with Crippen LogP contribution in [0.4, 0.5) is 13.2 Å². The Labute approximate surface area is 262 Å². The van der Waals surface area contributed by atoms with E-state index in [4.69, 9.17) is 14.7 Å². The third kappa shape index (κ3) is 6.60. The molecule has 236 valence electrons. The molecule has 0 spiro atoms. The van der Waals surface area contributed by atoms with Crippen LogP contribution < -0.4 is 9.47 Å². The normalized spacial score (nSPS) is 16.1. The molecule has 2 aliphatic rings. The fourth-order valence-corrected chi connectivity index (χ4v) is 5.73. The Morgan fingerprint density at radius 2 is 1.80 bits per heavy atom. The van der Waals surface area contributed by atoms with Crippen molar-refractivity contribution in [3.05, 3.63) is 82.4 Å². The Hall–Kier alpha value is -5.14. The molecule has 0 amide bonds. The predicted octanol–water partition coefficient (Wildman–Crippen LogP) is 5.73. The first-order valence-corrected chi connectivity index (χ1v) is 14.8. The number of aromatic nitrogens is 3. The Bertz CT molecular complexity index is 1890. The number of imidazole rings is 1. The standard InChI is InChI=1S/C33H29F3N6O4/c34-24-3-4-29(40-31(24)45-18-21-2-1-20(16-38)13-25(21)35)46-23-5-11-41(12-6-23)17-28-39-30-26(36)14-22(32(43)44)15-27(30)42(28)19-33(7-8-33)9-10-37/h1-4,13-15,23H,5-9,11-12,17-19H2,(H,43,44). The summed E-state index contributed by atoms with van der Waals surface area (Å²) in [5, 5.41) is 27.8. The lowest BCUT2D eigenvalue weighted by molar-refractivity contribution is 0.0696. The molecule has 13 heteroatoms. The number of likely N-dealkylation sites (tertiary alicyclic amines) is 1. The van der Waals surface area contributed by atoms with Gasteiger partial charge in [-0.25, -0.2) is 22.9 Å². The minimum Gasteiger partial charge on any atom is -0.478 e. The summed E-state index contributed by atoms with van der Waals surface area (Å²) in [6.07, 6.45) is 3.08. The smallest absolute Gasteiger partial charge is 0.335 e. The summed E-state index contributed by atoms with van der Waals surface area (Å²) in [6, 6.07) is 13.0. The molecule has 1 N–H and O–H groups in total. The van der Waals surface area contributed by atoms with Gasteiger partial charge >= 0.3 is 5.97 Å². The van der Waals surface area contributed by atoms with Gasteiger partial charge in [-0.1, -0.05) is 6.07 Å². The molecule has 0 bridgehead atoms. The summed E-state index contributed by atoms with van der Waals surface area (Å²) in [4.78, 5) is 22.5. The van der Waals surface area contributed by atoms with Crippen molar-refractivity contribution in [1.82, 2.24) is 19.4 Å². The van der Waals surface area contributed by atoms with E-state index in [2.05, 4.69) is 20.9 Å². The van der Waals surface area contributed by atoms with Crippen molar-refractivity contribution in [3.63, 3.8) is 0 Å². The number of nitrogens with zero attached hydrogens (tertiary/aromatic N) is 6. The number of piperidine rings is 1. The number of ether oxygens (including phenoxy) is 2. The molecule has 3 heterocycles. The first kappa shape index (κ1) is 30.9. The maximum absolute atomic E-state index is 15.0. The highest BCUT2D eigenvalue weighted by molar-refractivity contribution is 5.92. The summed E-state index contributed by atoms with van der Waals surface area (Å²) >= 11 is 0. The highest BCUT2D eigenvalue weighted by Gasteiger charge is 2.43. The van der Waals surface area contributed by atoms with Gasteiger partial charge in [0.15, 0.2) is 11.6 Å². The van der Waals surface area contributed by atoms with E-state index in [1.165, 1.54) is 30.3 Å². The summed E-state index contributed by atoms with van der Waals surface area (Å²) in [5.74, 6) is -2.88. The molecule has 2 fully saturated rings. The first-order chi connectivity index (χ1) is 22.2. The summed E-state index contributed by atoms with van der Waals surface area (Å²) < 4.78 is 56.9. The van der Waals surface area contributed by atoms with Gasteiger partial charge in [0, 0.05) is 43.1 Å². The molecule has 0 unspecified atom stereocenters. The van der Waals surface area contributed by atoms with Crippen LogP contribution >= 0.6 is 0 Å². The number of rotatable bonds is 11. The van der Waals surface area contributed by atoms with Crippen LogP contribution in [0.2, 0.25) is 0 Å². The Morgan fingerprint density at radius 1 is 1.02 bits per heavy atom. The third-order valence-electron chi connectivity index (χ3n) is 8.56. The van der Waals surface area contributed by atoms with Crippen LogP contribution in [0.15, 0.2) is 42.5 Å². The average Bonchev–Trinajstić information content (AvgIpc) is 3.72. The van der Waals surface area contributed by atoms with E-state index in [0.717, 1.165) is 25.0 Å². The van der Waals surface area contributed by atoms with Crippen LogP contribution in [0.25, 0.3) is 11.0 Å². The monoisotopic (exact) mass is 630 g/mol. The fourth-order valence-electron chi connectivity index (χ4n) is 5.73. The topological polar surface area (TPSA) is 137 Å². The van der Waals surface area contributed by atoms with Crippen LogP contribution in [0, 0.1) is 45.5 Å². The predicted molar refractivity (Wildman–Crippen MR) is 157 cm³/mol. The molecule has 10 nitrogen and oxygen atoms in total. The number of halogens is 3. The van der Waals surface area contributed by atoms with Crippen molar-refractivity contribution < 1.29 is 32.5 Å². The Morgan fingerprint density at radius 3 is 2.48 bits per heavy atom. The number of fused-ring (bicyclic) bond motifs is 1. The van der Waals surface area contributed by atoms with Crippen molar-refractivity contribution in [2.75, 3.05) is 13.1 Å². The zero-order valence-electron chi connectivity index (χ0n) is 24.7. The highest BCUT2D eigenvalue weighted by Crippen LogP contribution is 2.50. The van der Waals surface area contributed by atoms with Crippen LogP contribution in [-0.4, -0.2) is 49.7 Å². The molecule has 4 aromatic rings. The molecule has 1 saturated heterocycles. The lowest BCUT2D eigenvalue weighted by Gasteiger charge is -2.32. The molecule has 6 rings (SSSR count). The Balaban J connectivity index is 1.11. The van der Waals surface area contributed by atoms with Gasteiger partial charge in [0.05, 0.1) is 35.3 Å². The molecule has 46 heavy (non-hydrogen) atoms. The molecule has 1 aliphatic carbocycles. The SMILES string of the molecule is N#CCC1(Cn2c(CN3CCC(Oc4ccc(F)c(OCc5ccc(C#N)cc5F)n4)CC3)nc3c(F)cc(C(=O)O)cc32)CC1. The highest BCUT2D eigenvalue weighted by atomic mass is 19.1. The second-order valence-corrected chi connectivity index (χ2v) is 11.8. The largest absolute Gasteiger partial charge is 0.478 e. The molecule has 1 aliphatic heterocycles. The molecule has 0 radical (unpaired) electrons. The maximum Gasteiger partial charge on any atom is 0.335 e. The molecular weight excluding hydrogens is 601 g/mol. The second kappa shape index (κ2) is 12.7. The molecule has 0 atom stereocenters. The van der Waals surface area contributed by atoms with E-state index >= 15 is 0 Å². The quantitative estimate of drug-likeness (QED) is 0.220. The summed E-state index contributed by atoms with van der Waals surface area (Å²) in [7, 11) is 0. The number of nitriles is 2. The maximum atomic E-state index is 15.0. The zero-order chi connectivity index (χ0) is 32.4. The first-order valence-electron chi connectivity index (χ1n) is 14.8. The third-order valence-corrected chi connectivity index (χ3v) is 8.56. The number of hydrogen-bond donors (Lipinski definition) is 1. The van der Waals surface area contributed by atoms with Gasteiger partial charge < -0.3 is 19.1 Å². The van der Waals surface area contributed by atoms with Crippen molar-refractivity contribution in [2.24, 2.45) is 5.41 Å². The summed E-state index contributed by atoms with van der Waals surface area (Å²) in [5.41, 5.74) is 0.427. The van der Waals surface area contributed by atoms with E-state index in [0.29, 0.717) is 56.8 Å². The van der Waals surface area contributed by atoms with E-state index in [1.807, 2.05) is 10.6 Å². The number of benzene rings is 2.